The van der Waals surface area contributed by atoms with Crippen LogP contribution in [0.2, 0.25) is 5.02 Å². The molecule has 0 saturated heterocycles. The molecule has 3 heteroatoms. The summed E-state index contributed by atoms with van der Waals surface area (Å²) in [6.45, 7) is 1.88. The van der Waals surface area contributed by atoms with Gasteiger partial charge < -0.3 is 0 Å². The highest BCUT2D eigenvalue weighted by molar-refractivity contribution is 6.35. The topological polar surface area (TPSA) is 12.9 Å². The van der Waals surface area contributed by atoms with Crippen LogP contribution in [0.3, 0.4) is 0 Å². The zero-order valence-corrected chi connectivity index (χ0v) is 5.81. The Kier molecular flexibility index (Phi) is 1.77. The lowest BCUT2D eigenvalue weighted by molar-refractivity contribution is 1.31. The number of pyridine rings is 1. The molecule has 2 radical (unpaired) electrons. The quantitative estimate of drug-likeness (QED) is 0.483. The highest BCUT2D eigenvalue weighted by Crippen LogP contribution is 2.09. The third kappa shape index (κ3) is 1.45. The molecule has 0 aliphatic rings. The minimum absolute atomic E-state index is 0.464. The lowest BCUT2D eigenvalue weighted by Crippen LogP contribution is -2.06. The maximum atomic E-state index is 5.69. The van der Waals surface area contributed by atoms with Crippen molar-refractivity contribution in [3.8, 4) is 0 Å². The first-order valence-corrected chi connectivity index (χ1v) is 2.95. The van der Waals surface area contributed by atoms with Crippen molar-refractivity contribution in [3.05, 3.63) is 22.8 Å². The molecule has 0 aliphatic heterocycles. The van der Waals surface area contributed by atoms with Crippen LogP contribution in [0, 0.1) is 6.92 Å². The van der Waals surface area contributed by atoms with Crippen molar-refractivity contribution in [1.29, 1.82) is 0 Å². The Morgan fingerprint density at radius 1 is 1.67 bits per heavy atom. The molecule has 1 rings (SSSR count). The van der Waals surface area contributed by atoms with E-state index < -0.39 is 0 Å². The molecule has 1 heterocycles. The fourth-order valence-electron chi connectivity index (χ4n) is 0.514. The van der Waals surface area contributed by atoms with Crippen LogP contribution in [-0.2, 0) is 0 Å². The summed E-state index contributed by atoms with van der Waals surface area (Å²) < 4.78 is 0. The van der Waals surface area contributed by atoms with Gasteiger partial charge in [0.25, 0.3) is 0 Å². The van der Waals surface area contributed by atoms with E-state index in [0.717, 1.165) is 5.56 Å². The summed E-state index contributed by atoms with van der Waals surface area (Å²) in [6.07, 6.45) is 1.65. The summed E-state index contributed by atoms with van der Waals surface area (Å²) in [5.74, 6) is 0. The predicted octanol–water partition coefficient (Wildman–Crippen LogP) is 0.837. The minimum Gasteiger partial charge on any atom is -0.273 e. The molecular formula is C6H5BClN. The molecule has 0 aliphatic carbocycles. The minimum atomic E-state index is 0.464. The average Bonchev–Trinajstić information content (AvgIpc) is 1.80. The van der Waals surface area contributed by atoms with E-state index in [9.17, 15) is 0 Å². The zero-order valence-electron chi connectivity index (χ0n) is 5.06. The number of rotatable bonds is 0. The van der Waals surface area contributed by atoms with Crippen molar-refractivity contribution < 1.29 is 0 Å². The Morgan fingerprint density at radius 3 is 2.78 bits per heavy atom. The van der Waals surface area contributed by atoms with Crippen molar-refractivity contribution in [3.63, 3.8) is 0 Å². The Labute approximate surface area is 60.5 Å². The highest BCUT2D eigenvalue weighted by atomic mass is 35.5. The van der Waals surface area contributed by atoms with E-state index in [1.165, 1.54) is 0 Å². The van der Waals surface area contributed by atoms with Gasteiger partial charge in [0, 0.05) is 11.2 Å². The largest absolute Gasteiger partial charge is 0.273 e. The van der Waals surface area contributed by atoms with E-state index in [0.29, 0.717) is 10.6 Å². The molecule has 0 atom stereocenters. The van der Waals surface area contributed by atoms with Crippen LogP contribution in [0.1, 0.15) is 5.56 Å². The van der Waals surface area contributed by atoms with E-state index in [1.54, 1.807) is 12.3 Å². The molecule has 44 valence electrons. The second-order valence-corrected chi connectivity index (χ2v) is 2.27. The summed E-state index contributed by atoms with van der Waals surface area (Å²) in [5, 5.41) is 0.669. The van der Waals surface area contributed by atoms with Gasteiger partial charge in [0.05, 0.1) is 0 Å². The van der Waals surface area contributed by atoms with Crippen LogP contribution in [0.15, 0.2) is 12.3 Å². The molecule has 1 aromatic rings. The summed E-state index contributed by atoms with van der Waals surface area (Å²) in [6, 6.07) is 1.64. The second-order valence-electron chi connectivity index (χ2n) is 1.86. The summed E-state index contributed by atoms with van der Waals surface area (Å²) in [5.41, 5.74) is 1.41. The van der Waals surface area contributed by atoms with Crippen molar-refractivity contribution in [2.24, 2.45) is 0 Å². The first kappa shape index (κ1) is 6.62. The highest BCUT2D eigenvalue weighted by Gasteiger charge is 1.92. The van der Waals surface area contributed by atoms with Gasteiger partial charge in [0.1, 0.15) is 7.85 Å². The predicted molar refractivity (Wildman–Crippen MR) is 39.4 cm³/mol. The van der Waals surface area contributed by atoms with Crippen LogP contribution in [-0.4, -0.2) is 12.8 Å². The van der Waals surface area contributed by atoms with Gasteiger partial charge in [-0.25, -0.2) is 0 Å². The SMILES string of the molecule is [B]c1cc(Cl)c(C)cn1. The van der Waals surface area contributed by atoms with Crippen molar-refractivity contribution in [2.75, 3.05) is 0 Å². The van der Waals surface area contributed by atoms with E-state index in [1.807, 2.05) is 6.92 Å². The van der Waals surface area contributed by atoms with E-state index in [4.69, 9.17) is 19.4 Å². The van der Waals surface area contributed by atoms with Crippen LogP contribution < -0.4 is 5.59 Å². The zero-order chi connectivity index (χ0) is 6.85. The molecule has 0 aromatic carbocycles. The van der Waals surface area contributed by atoms with Crippen LogP contribution >= 0.6 is 11.6 Å². The summed E-state index contributed by atoms with van der Waals surface area (Å²) in [7, 11) is 5.33. The first-order valence-electron chi connectivity index (χ1n) is 2.58. The number of hydrogen-bond donors (Lipinski definition) is 0. The fourth-order valence-corrected chi connectivity index (χ4v) is 0.675. The molecule has 9 heavy (non-hydrogen) atoms. The third-order valence-corrected chi connectivity index (χ3v) is 1.47. The Balaban J connectivity index is 3.17. The summed E-state index contributed by atoms with van der Waals surface area (Å²) in [4.78, 5) is 3.83. The molecule has 0 bridgehead atoms. The van der Waals surface area contributed by atoms with Gasteiger partial charge in [-0.05, 0) is 24.1 Å². The standard InChI is InChI=1S/C6H5BClN/c1-4-3-9-6(7)2-5(4)8/h2-3H,1H3. The van der Waals surface area contributed by atoms with Crippen molar-refractivity contribution >= 4 is 25.0 Å². The van der Waals surface area contributed by atoms with Gasteiger partial charge in [-0.3, -0.25) is 4.98 Å². The lowest BCUT2D eigenvalue weighted by atomic mass is 10.0. The number of halogens is 1. The molecule has 1 nitrogen and oxygen atoms in total. The number of aromatic nitrogens is 1. The van der Waals surface area contributed by atoms with Gasteiger partial charge in [0.2, 0.25) is 0 Å². The molecule has 0 unspecified atom stereocenters. The molecule has 0 fully saturated rings. The van der Waals surface area contributed by atoms with Crippen LogP contribution in [0.5, 0.6) is 0 Å². The fraction of sp³-hybridized carbons (Fsp3) is 0.167. The molecule has 1 aromatic heterocycles. The molecule has 0 spiro atoms. The van der Waals surface area contributed by atoms with E-state index in [2.05, 4.69) is 4.98 Å². The average molecular weight is 137 g/mol. The summed E-state index contributed by atoms with van der Waals surface area (Å²) >= 11 is 5.69. The second kappa shape index (κ2) is 2.40. The first-order chi connectivity index (χ1) is 4.20. The maximum absolute atomic E-state index is 5.69. The number of aryl methyl sites for hydroxylation is 1. The Morgan fingerprint density at radius 2 is 2.33 bits per heavy atom. The van der Waals surface area contributed by atoms with Gasteiger partial charge in [-0.1, -0.05) is 11.6 Å². The smallest absolute Gasteiger partial charge is 0.141 e. The van der Waals surface area contributed by atoms with Crippen LogP contribution in [0.4, 0.5) is 0 Å². The van der Waals surface area contributed by atoms with Gasteiger partial charge in [0.15, 0.2) is 0 Å². The van der Waals surface area contributed by atoms with Gasteiger partial charge >= 0.3 is 0 Å². The van der Waals surface area contributed by atoms with Gasteiger partial charge in [-0.15, -0.1) is 0 Å². The van der Waals surface area contributed by atoms with E-state index in [-0.39, 0.29) is 0 Å². The maximum Gasteiger partial charge on any atom is 0.141 e. The molecule has 0 amide bonds. The third-order valence-electron chi connectivity index (χ3n) is 1.06. The molecule has 0 N–H and O–H groups in total. The Bertz CT molecular complexity index is 224. The van der Waals surface area contributed by atoms with Crippen LogP contribution in [0.25, 0.3) is 0 Å². The lowest BCUT2D eigenvalue weighted by Gasteiger charge is -1.95. The normalized spacial score (nSPS) is 9.56. The monoisotopic (exact) mass is 137 g/mol. The number of nitrogens with zero attached hydrogens (tertiary/aromatic N) is 1. The number of hydrogen-bond acceptors (Lipinski definition) is 1. The van der Waals surface area contributed by atoms with Crippen molar-refractivity contribution in [1.82, 2.24) is 4.98 Å². The van der Waals surface area contributed by atoms with Crippen molar-refractivity contribution in [2.45, 2.75) is 6.92 Å². The molecule has 0 saturated carbocycles. The van der Waals surface area contributed by atoms with E-state index >= 15 is 0 Å². The van der Waals surface area contributed by atoms with Gasteiger partial charge in [-0.2, -0.15) is 0 Å². The Hall–Kier alpha value is -0.495. The molecular weight excluding hydrogens is 132 g/mol.